The Bertz CT molecular complexity index is 330. The van der Waals surface area contributed by atoms with Crippen LogP contribution in [0.1, 0.15) is 18.4 Å². The van der Waals surface area contributed by atoms with E-state index in [1.807, 2.05) is 12.1 Å². The van der Waals surface area contributed by atoms with E-state index in [2.05, 4.69) is 24.2 Å². The molecule has 1 atom stereocenters. The minimum Gasteiger partial charge on any atom is -0.311 e. The summed E-state index contributed by atoms with van der Waals surface area (Å²) in [5, 5.41) is 3.53. The van der Waals surface area contributed by atoms with Gasteiger partial charge in [0.2, 0.25) is 0 Å². The average molecular weight is 222 g/mol. The van der Waals surface area contributed by atoms with Crippen LogP contribution in [0.25, 0.3) is 0 Å². The molecule has 0 aliphatic carbocycles. The Labute approximate surface area is 96.5 Å². The van der Waals surface area contributed by atoms with Crippen molar-refractivity contribution >= 4 is 0 Å². The first-order valence-corrected chi connectivity index (χ1v) is 5.82. The summed E-state index contributed by atoms with van der Waals surface area (Å²) in [4.78, 5) is 2.29. The van der Waals surface area contributed by atoms with Gasteiger partial charge in [0.25, 0.3) is 0 Å². The number of nitrogens with one attached hydrogen (secondary N) is 1. The molecule has 0 aromatic heterocycles. The molecule has 0 radical (unpaired) electrons. The van der Waals surface area contributed by atoms with Gasteiger partial charge in [0.05, 0.1) is 0 Å². The zero-order valence-electron chi connectivity index (χ0n) is 9.91. The van der Waals surface area contributed by atoms with Crippen molar-refractivity contribution in [1.29, 1.82) is 0 Å². The third-order valence-corrected chi connectivity index (χ3v) is 3.22. The number of hydrogen-bond donors (Lipinski definition) is 1. The Hall–Kier alpha value is -0.930. The van der Waals surface area contributed by atoms with Crippen molar-refractivity contribution in [1.82, 2.24) is 10.2 Å². The maximum Gasteiger partial charge on any atom is 0.123 e. The highest BCUT2D eigenvalue weighted by atomic mass is 19.1. The highest BCUT2D eigenvalue weighted by Gasteiger charge is 2.22. The van der Waals surface area contributed by atoms with E-state index in [4.69, 9.17) is 0 Å². The Morgan fingerprint density at radius 2 is 2.00 bits per heavy atom. The smallest absolute Gasteiger partial charge is 0.123 e. The first-order chi connectivity index (χ1) is 7.65. The van der Waals surface area contributed by atoms with Crippen LogP contribution in [0.2, 0.25) is 0 Å². The van der Waals surface area contributed by atoms with Gasteiger partial charge in [-0.2, -0.15) is 0 Å². The molecule has 0 spiro atoms. The van der Waals surface area contributed by atoms with Crippen LogP contribution in [-0.2, 0) is 0 Å². The van der Waals surface area contributed by atoms with Crippen LogP contribution >= 0.6 is 0 Å². The molecule has 1 fully saturated rings. The lowest BCUT2D eigenvalue weighted by Gasteiger charge is -2.37. The fourth-order valence-electron chi connectivity index (χ4n) is 2.08. The van der Waals surface area contributed by atoms with Gasteiger partial charge in [-0.3, -0.25) is 0 Å². The van der Waals surface area contributed by atoms with Crippen LogP contribution < -0.4 is 5.32 Å². The number of benzene rings is 1. The predicted molar refractivity (Wildman–Crippen MR) is 64.1 cm³/mol. The number of likely N-dealkylation sites (tertiary alicyclic amines) is 1. The van der Waals surface area contributed by atoms with Crippen LogP contribution in [-0.4, -0.2) is 37.6 Å². The van der Waals surface area contributed by atoms with Gasteiger partial charge in [-0.25, -0.2) is 4.39 Å². The SMILES string of the molecule is CC(CNC1CN(C)C1)c1ccc(F)cc1. The first-order valence-electron chi connectivity index (χ1n) is 5.82. The van der Waals surface area contributed by atoms with Crippen molar-refractivity contribution in [3.05, 3.63) is 35.6 Å². The van der Waals surface area contributed by atoms with Gasteiger partial charge in [0.1, 0.15) is 5.82 Å². The third-order valence-electron chi connectivity index (χ3n) is 3.22. The fraction of sp³-hybridized carbons (Fsp3) is 0.538. The molecule has 1 aromatic carbocycles. The summed E-state index contributed by atoms with van der Waals surface area (Å²) in [7, 11) is 2.13. The number of nitrogens with zero attached hydrogens (tertiary/aromatic N) is 1. The highest BCUT2D eigenvalue weighted by molar-refractivity contribution is 5.20. The molecule has 0 saturated carbocycles. The molecule has 0 bridgehead atoms. The molecule has 3 heteroatoms. The lowest BCUT2D eigenvalue weighted by molar-refractivity contribution is 0.161. The van der Waals surface area contributed by atoms with E-state index in [9.17, 15) is 4.39 Å². The summed E-state index contributed by atoms with van der Waals surface area (Å²) < 4.78 is 12.7. The molecule has 1 aliphatic rings. The van der Waals surface area contributed by atoms with Crippen molar-refractivity contribution in [2.45, 2.75) is 18.9 Å². The fourth-order valence-corrected chi connectivity index (χ4v) is 2.08. The van der Waals surface area contributed by atoms with E-state index in [-0.39, 0.29) is 5.82 Å². The largest absolute Gasteiger partial charge is 0.311 e. The minimum absolute atomic E-state index is 0.162. The van der Waals surface area contributed by atoms with Crippen molar-refractivity contribution in [3.63, 3.8) is 0 Å². The Morgan fingerprint density at radius 3 is 2.56 bits per heavy atom. The molecule has 16 heavy (non-hydrogen) atoms. The predicted octanol–water partition coefficient (Wildman–Crippen LogP) is 1.83. The van der Waals surface area contributed by atoms with Crippen LogP contribution in [0.3, 0.4) is 0 Å². The second-order valence-electron chi connectivity index (χ2n) is 4.78. The molecule has 1 saturated heterocycles. The quantitative estimate of drug-likeness (QED) is 0.836. The lowest BCUT2D eigenvalue weighted by atomic mass is 10.0. The van der Waals surface area contributed by atoms with Crippen LogP contribution in [0.15, 0.2) is 24.3 Å². The number of hydrogen-bond acceptors (Lipinski definition) is 2. The summed E-state index contributed by atoms with van der Waals surface area (Å²) in [5.74, 6) is 0.274. The molecule has 2 rings (SSSR count). The zero-order valence-corrected chi connectivity index (χ0v) is 9.91. The Morgan fingerprint density at radius 1 is 1.38 bits per heavy atom. The van der Waals surface area contributed by atoms with Crippen LogP contribution in [0, 0.1) is 5.82 Å². The maximum atomic E-state index is 12.7. The van der Waals surface area contributed by atoms with Gasteiger partial charge in [-0.05, 0) is 30.7 Å². The molecule has 1 aliphatic heterocycles. The van der Waals surface area contributed by atoms with Crippen molar-refractivity contribution in [2.24, 2.45) is 0 Å². The molecule has 1 heterocycles. The summed E-state index contributed by atoms with van der Waals surface area (Å²) in [5.41, 5.74) is 1.20. The monoisotopic (exact) mass is 222 g/mol. The van der Waals surface area contributed by atoms with Gasteiger partial charge < -0.3 is 10.2 Å². The molecule has 2 nitrogen and oxygen atoms in total. The second kappa shape index (κ2) is 4.93. The maximum absolute atomic E-state index is 12.7. The van der Waals surface area contributed by atoms with E-state index in [1.165, 1.54) is 17.7 Å². The molecular weight excluding hydrogens is 203 g/mol. The van der Waals surface area contributed by atoms with Gasteiger partial charge in [0, 0.05) is 25.7 Å². The van der Waals surface area contributed by atoms with E-state index in [0.717, 1.165) is 19.6 Å². The van der Waals surface area contributed by atoms with Gasteiger partial charge in [0.15, 0.2) is 0 Å². The molecule has 88 valence electrons. The number of likely N-dealkylation sites (N-methyl/N-ethyl adjacent to an activating group) is 1. The van der Waals surface area contributed by atoms with Gasteiger partial charge in [-0.15, -0.1) is 0 Å². The molecular formula is C13H19FN2. The van der Waals surface area contributed by atoms with E-state index in [0.29, 0.717) is 12.0 Å². The van der Waals surface area contributed by atoms with E-state index in [1.54, 1.807) is 0 Å². The van der Waals surface area contributed by atoms with Crippen molar-refractivity contribution < 1.29 is 4.39 Å². The molecule has 1 unspecified atom stereocenters. The topological polar surface area (TPSA) is 15.3 Å². The summed E-state index contributed by atoms with van der Waals surface area (Å²) in [6, 6.07) is 7.43. The minimum atomic E-state index is -0.162. The summed E-state index contributed by atoms with van der Waals surface area (Å²) >= 11 is 0. The summed E-state index contributed by atoms with van der Waals surface area (Å²) in [6.07, 6.45) is 0. The van der Waals surface area contributed by atoms with Crippen molar-refractivity contribution in [3.8, 4) is 0 Å². The summed E-state index contributed by atoms with van der Waals surface area (Å²) in [6.45, 7) is 5.40. The van der Waals surface area contributed by atoms with E-state index >= 15 is 0 Å². The number of halogens is 1. The Kier molecular flexibility index (Phi) is 3.56. The zero-order chi connectivity index (χ0) is 11.5. The van der Waals surface area contributed by atoms with E-state index < -0.39 is 0 Å². The van der Waals surface area contributed by atoms with Crippen molar-refractivity contribution in [2.75, 3.05) is 26.7 Å². The standard InChI is InChI=1S/C13H19FN2/c1-10(7-15-13-8-16(2)9-13)11-3-5-12(14)6-4-11/h3-6,10,13,15H,7-9H2,1-2H3. The third kappa shape index (κ3) is 2.80. The highest BCUT2D eigenvalue weighted by Crippen LogP contribution is 2.15. The van der Waals surface area contributed by atoms with Crippen LogP contribution in [0.5, 0.6) is 0 Å². The molecule has 1 N–H and O–H groups in total. The number of rotatable bonds is 4. The first kappa shape index (κ1) is 11.6. The van der Waals surface area contributed by atoms with Crippen LogP contribution in [0.4, 0.5) is 4.39 Å². The molecule has 1 aromatic rings. The second-order valence-corrected chi connectivity index (χ2v) is 4.78. The molecule has 0 amide bonds. The van der Waals surface area contributed by atoms with Gasteiger partial charge >= 0.3 is 0 Å². The lowest BCUT2D eigenvalue weighted by Crippen LogP contribution is -2.56. The Balaban J connectivity index is 1.79. The van der Waals surface area contributed by atoms with Gasteiger partial charge in [-0.1, -0.05) is 19.1 Å². The average Bonchev–Trinajstić information content (AvgIpc) is 2.23. The normalized spacial score (nSPS) is 19.4.